The van der Waals surface area contributed by atoms with Gasteiger partial charge in [0.15, 0.2) is 0 Å². The van der Waals surface area contributed by atoms with Crippen LogP contribution < -0.4 is 5.69 Å². The van der Waals surface area contributed by atoms with E-state index in [-0.39, 0.29) is 18.0 Å². The fourth-order valence-corrected chi connectivity index (χ4v) is 4.87. The first-order chi connectivity index (χ1) is 15.0. The number of imidazole rings is 2. The molecule has 10 heteroatoms. The van der Waals surface area contributed by atoms with Gasteiger partial charge in [-0.25, -0.2) is 18.2 Å². The number of halogens is 1. The van der Waals surface area contributed by atoms with E-state index in [2.05, 4.69) is 4.98 Å². The van der Waals surface area contributed by atoms with E-state index < -0.39 is 15.4 Å². The zero-order valence-electron chi connectivity index (χ0n) is 18.5. The molecule has 1 aromatic carbocycles. The molecule has 4 rings (SSSR count). The van der Waals surface area contributed by atoms with Crippen molar-refractivity contribution >= 4 is 43.5 Å². The van der Waals surface area contributed by atoms with Crippen molar-refractivity contribution in [2.45, 2.75) is 45.8 Å². The Morgan fingerprint density at radius 2 is 1.81 bits per heavy atom. The third kappa shape index (κ3) is 4.31. The molecular formula is C22H26ClN5O3S. The van der Waals surface area contributed by atoms with Gasteiger partial charge in [-0.15, -0.1) is 0 Å². The number of rotatable bonds is 6. The van der Waals surface area contributed by atoms with Crippen LogP contribution in [0.4, 0.5) is 0 Å². The molecule has 0 unspecified atom stereocenters. The van der Waals surface area contributed by atoms with E-state index in [0.29, 0.717) is 29.3 Å². The van der Waals surface area contributed by atoms with Gasteiger partial charge >= 0.3 is 5.69 Å². The van der Waals surface area contributed by atoms with Crippen LogP contribution in [0.15, 0.2) is 41.5 Å². The fourth-order valence-electron chi connectivity index (χ4n) is 4.05. The van der Waals surface area contributed by atoms with Crippen molar-refractivity contribution in [1.29, 1.82) is 0 Å². The maximum atomic E-state index is 13.4. The number of benzene rings is 1. The lowest BCUT2D eigenvalue weighted by molar-refractivity contribution is 0.390. The first kappa shape index (κ1) is 22.5. The predicted molar refractivity (Wildman–Crippen MR) is 127 cm³/mol. The zero-order valence-corrected chi connectivity index (χ0v) is 20.1. The molecule has 0 bridgehead atoms. The lowest BCUT2D eigenvalue weighted by Gasteiger charge is -2.20. The van der Waals surface area contributed by atoms with E-state index in [1.807, 2.05) is 37.5 Å². The molecule has 0 saturated carbocycles. The smallest absolute Gasteiger partial charge is 0.326 e. The van der Waals surface area contributed by atoms with Crippen LogP contribution in [0, 0.1) is 0 Å². The Labute approximate surface area is 191 Å². The average molecular weight is 476 g/mol. The first-order valence-corrected chi connectivity index (χ1v) is 12.8. The molecule has 0 aliphatic carbocycles. The van der Waals surface area contributed by atoms with E-state index in [1.165, 1.54) is 6.26 Å². The Hall–Kier alpha value is -2.65. The molecule has 0 saturated heterocycles. The minimum atomic E-state index is -3.08. The van der Waals surface area contributed by atoms with Crippen LogP contribution in [0.3, 0.4) is 0 Å². The van der Waals surface area contributed by atoms with E-state index in [0.717, 1.165) is 16.6 Å². The molecule has 8 nitrogen and oxygen atoms in total. The topological polar surface area (TPSA) is 91.8 Å². The van der Waals surface area contributed by atoms with Gasteiger partial charge in [0, 0.05) is 29.6 Å². The summed E-state index contributed by atoms with van der Waals surface area (Å²) in [6, 6.07) is 7.27. The summed E-state index contributed by atoms with van der Waals surface area (Å²) in [6.07, 6.45) is 5.04. The standard InChI is InChI=1S/C22H26ClN5O3S/c1-22(2,3)28-18-8-9-24-13-19(18)27(21(28)29)14-20-25-16-12-15(23)6-7-17(16)26(20)10-5-11-32(4,30)31/h6-9,12-13H,5,10-11,14H2,1-4H3. The minimum Gasteiger partial charge on any atom is -0.326 e. The number of pyridine rings is 1. The van der Waals surface area contributed by atoms with Crippen molar-refractivity contribution in [3.05, 3.63) is 58.0 Å². The first-order valence-electron chi connectivity index (χ1n) is 10.3. The maximum absolute atomic E-state index is 13.4. The van der Waals surface area contributed by atoms with Gasteiger partial charge in [0.05, 0.1) is 40.6 Å². The lowest BCUT2D eigenvalue weighted by atomic mass is 10.1. The van der Waals surface area contributed by atoms with Gasteiger partial charge in [-0.1, -0.05) is 11.6 Å². The van der Waals surface area contributed by atoms with Gasteiger partial charge in [0.25, 0.3) is 0 Å². The zero-order chi connectivity index (χ0) is 23.3. The molecule has 0 aliphatic rings. The molecule has 3 aromatic heterocycles. The summed E-state index contributed by atoms with van der Waals surface area (Å²) in [5.41, 5.74) is 2.53. The summed E-state index contributed by atoms with van der Waals surface area (Å²) in [5.74, 6) is 0.738. The van der Waals surface area contributed by atoms with Gasteiger partial charge in [-0.3, -0.25) is 14.1 Å². The highest BCUT2D eigenvalue weighted by Crippen LogP contribution is 2.24. The van der Waals surface area contributed by atoms with Crippen LogP contribution in [0.2, 0.25) is 5.02 Å². The highest BCUT2D eigenvalue weighted by molar-refractivity contribution is 7.90. The van der Waals surface area contributed by atoms with Gasteiger partial charge < -0.3 is 4.57 Å². The second-order valence-electron chi connectivity index (χ2n) is 9.04. The molecule has 0 N–H and O–H groups in total. The largest absolute Gasteiger partial charge is 0.330 e. The van der Waals surface area contributed by atoms with Gasteiger partial charge in [0.1, 0.15) is 15.7 Å². The van der Waals surface area contributed by atoms with Crippen molar-refractivity contribution < 1.29 is 8.42 Å². The summed E-state index contributed by atoms with van der Waals surface area (Å²) < 4.78 is 28.7. The third-order valence-corrected chi connectivity index (χ3v) is 6.65. The summed E-state index contributed by atoms with van der Waals surface area (Å²) in [6.45, 7) is 6.66. The Bertz CT molecular complexity index is 1480. The minimum absolute atomic E-state index is 0.0763. The van der Waals surface area contributed by atoms with Crippen molar-refractivity contribution in [2.24, 2.45) is 0 Å². The number of nitrogens with zero attached hydrogens (tertiary/aromatic N) is 5. The van der Waals surface area contributed by atoms with Crippen molar-refractivity contribution in [1.82, 2.24) is 23.7 Å². The molecule has 0 fully saturated rings. The summed E-state index contributed by atoms with van der Waals surface area (Å²) in [5, 5.41) is 0.565. The molecule has 0 aliphatic heterocycles. The molecule has 0 radical (unpaired) electrons. The normalized spacial score (nSPS) is 12.8. The highest BCUT2D eigenvalue weighted by Gasteiger charge is 2.24. The fraction of sp³-hybridized carbons (Fsp3) is 0.409. The monoisotopic (exact) mass is 475 g/mol. The quantitative estimate of drug-likeness (QED) is 0.426. The van der Waals surface area contributed by atoms with E-state index >= 15 is 0 Å². The molecule has 4 aromatic rings. The number of hydrogen-bond donors (Lipinski definition) is 0. The highest BCUT2D eigenvalue weighted by atomic mass is 35.5. The molecular weight excluding hydrogens is 450 g/mol. The van der Waals surface area contributed by atoms with Crippen LogP contribution >= 0.6 is 11.6 Å². The van der Waals surface area contributed by atoms with Crippen LogP contribution in [0.5, 0.6) is 0 Å². The number of hydrogen-bond acceptors (Lipinski definition) is 5. The molecule has 0 amide bonds. The second kappa shape index (κ2) is 8.04. The van der Waals surface area contributed by atoms with Crippen LogP contribution in [-0.2, 0) is 28.5 Å². The van der Waals surface area contributed by atoms with Crippen LogP contribution in [0.1, 0.15) is 33.0 Å². The van der Waals surface area contributed by atoms with Gasteiger partial charge in [0.2, 0.25) is 0 Å². The molecule has 170 valence electrons. The van der Waals surface area contributed by atoms with Gasteiger partial charge in [-0.2, -0.15) is 0 Å². The van der Waals surface area contributed by atoms with Crippen LogP contribution in [-0.4, -0.2) is 44.1 Å². The van der Waals surface area contributed by atoms with E-state index in [9.17, 15) is 13.2 Å². The van der Waals surface area contributed by atoms with E-state index in [1.54, 1.807) is 33.7 Å². The van der Waals surface area contributed by atoms with Gasteiger partial charge in [-0.05, 0) is 51.5 Å². The van der Waals surface area contributed by atoms with Crippen LogP contribution in [0.25, 0.3) is 22.1 Å². The van der Waals surface area contributed by atoms with E-state index in [4.69, 9.17) is 16.6 Å². The summed E-state index contributed by atoms with van der Waals surface area (Å²) in [7, 11) is -3.08. The number of aryl methyl sites for hydroxylation is 1. The summed E-state index contributed by atoms with van der Waals surface area (Å²) in [4.78, 5) is 22.4. The number of fused-ring (bicyclic) bond motifs is 2. The van der Waals surface area contributed by atoms with Crippen molar-refractivity contribution in [3.63, 3.8) is 0 Å². The second-order valence-corrected chi connectivity index (χ2v) is 11.7. The Morgan fingerprint density at radius 3 is 2.50 bits per heavy atom. The summed E-state index contributed by atoms with van der Waals surface area (Å²) >= 11 is 6.17. The SMILES string of the molecule is CC(C)(C)n1c(=O)n(Cc2nc3cc(Cl)ccc3n2CCCS(C)(=O)=O)c2cnccc21. The third-order valence-electron chi connectivity index (χ3n) is 5.39. The Balaban J connectivity index is 1.85. The molecule has 32 heavy (non-hydrogen) atoms. The maximum Gasteiger partial charge on any atom is 0.330 e. The predicted octanol–water partition coefficient (Wildman–Crippen LogP) is 3.44. The Kier molecular flexibility index (Phi) is 5.67. The number of aromatic nitrogens is 5. The molecule has 0 atom stereocenters. The lowest BCUT2D eigenvalue weighted by Crippen LogP contribution is -2.35. The average Bonchev–Trinajstić information content (AvgIpc) is 3.15. The number of sulfone groups is 1. The Morgan fingerprint density at radius 1 is 1.06 bits per heavy atom. The molecule has 0 spiro atoms. The molecule has 3 heterocycles. The van der Waals surface area contributed by atoms with Crippen molar-refractivity contribution in [3.8, 4) is 0 Å². The van der Waals surface area contributed by atoms with Crippen molar-refractivity contribution in [2.75, 3.05) is 12.0 Å².